The predicted molar refractivity (Wildman–Crippen MR) is 117 cm³/mol. The first kappa shape index (κ1) is 22.2. The molecule has 0 bridgehead atoms. The summed E-state index contributed by atoms with van der Waals surface area (Å²) in [6.07, 6.45) is 1.81. The molecule has 0 aliphatic carbocycles. The van der Waals surface area contributed by atoms with Gasteiger partial charge < -0.3 is 19.7 Å². The van der Waals surface area contributed by atoms with E-state index in [4.69, 9.17) is 21.1 Å². The Morgan fingerprint density at radius 3 is 2.70 bits per heavy atom. The molecule has 1 saturated heterocycles. The quantitative estimate of drug-likeness (QED) is 0.608. The van der Waals surface area contributed by atoms with Crippen molar-refractivity contribution in [1.82, 2.24) is 5.32 Å². The zero-order valence-corrected chi connectivity index (χ0v) is 18.2. The van der Waals surface area contributed by atoms with Gasteiger partial charge in [-0.2, -0.15) is 0 Å². The van der Waals surface area contributed by atoms with Gasteiger partial charge in [-0.15, -0.1) is 0 Å². The lowest BCUT2D eigenvalue weighted by Crippen LogP contribution is -2.31. The first-order valence-corrected chi connectivity index (χ1v) is 10.8. The largest absolute Gasteiger partial charge is 0.490 e. The lowest BCUT2D eigenvalue weighted by atomic mass is 10.1. The van der Waals surface area contributed by atoms with Gasteiger partial charge in [-0.1, -0.05) is 18.5 Å². The van der Waals surface area contributed by atoms with Crippen LogP contribution >= 0.6 is 11.6 Å². The highest BCUT2D eigenvalue weighted by Gasteiger charge is 2.24. The van der Waals surface area contributed by atoms with E-state index in [9.17, 15) is 9.18 Å². The first-order valence-electron chi connectivity index (χ1n) is 10.4. The maximum absolute atomic E-state index is 13.1. The van der Waals surface area contributed by atoms with E-state index in [2.05, 4.69) is 10.2 Å². The Morgan fingerprint density at radius 1 is 1.23 bits per heavy atom. The van der Waals surface area contributed by atoms with E-state index in [1.807, 2.05) is 13.8 Å². The van der Waals surface area contributed by atoms with Crippen LogP contribution in [-0.4, -0.2) is 38.8 Å². The van der Waals surface area contributed by atoms with Crippen molar-refractivity contribution < 1.29 is 18.7 Å². The molecule has 2 aromatic rings. The Kier molecular flexibility index (Phi) is 7.80. The van der Waals surface area contributed by atoms with E-state index in [1.54, 1.807) is 24.3 Å². The van der Waals surface area contributed by atoms with Gasteiger partial charge in [0, 0.05) is 30.9 Å². The summed E-state index contributed by atoms with van der Waals surface area (Å²) in [5.41, 5.74) is 1.45. The maximum atomic E-state index is 13.1. The Balaban J connectivity index is 1.60. The van der Waals surface area contributed by atoms with Gasteiger partial charge in [0.25, 0.3) is 5.91 Å². The van der Waals surface area contributed by atoms with E-state index in [0.717, 1.165) is 31.6 Å². The minimum absolute atomic E-state index is 0.194. The van der Waals surface area contributed by atoms with Crippen LogP contribution in [0.3, 0.4) is 0 Å². The van der Waals surface area contributed by atoms with Crippen LogP contribution in [0.5, 0.6) is 11.5 Å². The molecule has 1 aliphatic rings. The molecule has 1 unspecified atom stereocenters. The molecule has 1 atom stereocenters. The van der Waals surface area contributed by atoms with Gasteiger partial charge in [-0.3, -0.25) is 4.79 Å². The predicted octanol–water partition coefficient (Wildman–Crippen LogP) is 4.92. The van der Waals surface area contributed by atoms with Crippen LogP contribution in [-0.2, 0) is 0 Å². The van der Waals surface area contributed by atoms with Crippen LogP contribution in [0, 0.1) is 11.7 Å². The molecule has 3 rings (SSSR count). The van der Waals surface area contributed by atoms with E-state index in [1.165, 1.54) is 12.1 Å². The molecule has 1 heterocycles. The first-order chi connectivity index (χ1) is 14.5. The number of halogens is 2. The smallest absolute Gasteiger partial charge is 0.251 e. The van der Waals surface area contributed by atoms with Crippen LogP contribution in [0.4, 0.5) is 10.1 Å². The number of nitrogens with zero attached hydrogens (tertiary/aromatic N) is 1. The molecule has 0 spiro atoms. The molecule has 1 N–H and O–H groups in total. The standard InChI is InChI=1S/C23H28ClFN2O3/c1-3-11-30-22-20(24)12-17(13-21(22)29-4-2)23(28)26-14-16-9-10-27(15-16)19-7-5-18(25)6-8-19/h5-8,12-13,16H,3-4,9-11,14-15H2,1-2H3,(H,26,28). The fourth-order valence-electron chi connectivity index (χ4n) is 3.53. The van der Waals surface area contributed by atoms with Crippen molar-refractivity contribution in [2.75, 3.05) is 37.7 Å². The fourth-order valence-corrected chi connectivity index (χ4v) is 3.80. The van der Waals surface area contributed by atoms with E-state index < -0.39 is 0 Å². The van der Waals surface area contributed by atoms with Gasteiger partial charge in [-0.25, -0.2) is 4.39 Å². The molecule has 1 aliphatic heterocycles. The molecule has 0 aromatic heterocycles. The third-order valence-electron chi connectivity index (χ3n) is 5.05. The fraction of sp³-hybridized carbons (Fsp3) is 0.435. The third-order valence-corrected chi connectivity index (χ3v) is 5.33. The molecule has 162 valence electrons. The van der Waals surface area contributed by atoms with Crippen molar-refractivity contribution in [3.8, 4) is 11.5 Å². The average Bonchev–Trinajstić information content (AvgIpc) is 3.21. The summed E-state index contributed by atoms with van der Waals surface area (Å²) in [4.78, 5) is 14.9. The molecule has 2 aromatic carbocycles. The lowest BCUT2D eigenvalue weighted by Gasteiger charge is -2.19. The summed E-state index contributed by atoms with van der Waals surface area (Å²) in [5, 5.41) is 3.36. The van der Waals surface area contributed by atoms with Crippen molar-refractivity contribution in [3.63, 3.8) is 0 Å². The number of hydrogen-bond donors (Lipinski definition) is 1. The van der Waals surface area contributed by atoms with Gasteiger partial charge in [0.2, 0.25) is 0 Å². The molecular formula is C23H28ClFN2O3. The second-order valence-corrected chi connectivity index (χ2v) is 7.76. The van der Waals surface area contributed by atoms with E-state index in [0.29, 0.717) is 47.8 Å². The SMILES string of the molecule is CCCOc1c(Cl)cc(C(=O)NCC2CCN(c3ccc(F)cc3)C2)cc1OCC. The highest BCUT2D eigenvalue weighted by Crippen LogP contribution is 2.37. The third kappa shape index (κ3) is 5.57. The Hall–Kier alpha value is -2.47. The van der Waals surface area contributed by atoms with Gasteiger partial charge in [0.05, 0.1) is 18.2 Å². The number of ether oxygens (including phenoxy) is 2. The lowest BCUT2D eigenvalue weighted by molar-refractivity contribution is 0.0947. The molecule has 0 radical (unpaired) electrons. The number of amides is 1. The minimum atomic E-state index is -0.238. The second kappa shape index (κ2) is 10.5. The van der Waals surface area contributed by atoms with Crippen molar-refractivity contribution in [3.05, 3.63) is 52.8 Å². The Bertz CT molecular complexity index is 860. The number of hydrogen-bond acceptors (Lipinski definition) is 4. The van der Waals surface area contributed by atoms with Crippen LogP contribution in [0.25, 0.3) is 0 Å². The van der Waals surface area contributed by atoms with Crippen LogP contribution in [0.2, 0.25) is 5.02 Å². The topological polar surface area (TPSA) is 50.8 Å². The van der Waals surface area contributed by atoms with Crippen molar-refractivity contribution in [1.29, 1.82) is 0 Å². The maximum Gasteiger partial charge on any atom is 0.251 e. The number of carbonyl (C=O) groups is 1. The summed E-state index contributed by atoms with van der Waals surface area (Å²) < 4.78 is 24.4. The number of benzene rings is 2. The summed E-state index contributed by atoms with van der Waals surface area (Å²) in [6.45, 7) is 7.12. The molecule has 5 nitrogen and oxygen atoms in total. The number of nitrogens with one attached hydrogen (secondary N) is 1. The molecule has 0 saturated carbocycles. The van der Waals surface area contributed by atoms with Crippen LogP contribution in [0.15, 0.2) is 36.4 Å². The highest BCUT2D eigenvalue weighted by atomic mass is 35.5. The number of anilines is 1. The number of rotatable bonds is 9. The van der Waals surface area contributed by atoms with E-state index in [-0.39, 0.29) is 11.7 Å². The number of carbonyl (C=O) groups excluding carboxylic acids is 1. The van der Waals surface area contributed by atoms with Crippen molar-refractivity contribution in [2.24, 2.45) is 5.92 Å². The van der Waals surface area contributed by atoms with Gasteiger partial charge in [-0.05, 0) is 62.1 Å². The molecular weight excluding hydrogens is 407 g/mol. The van der Waals surface area contributed by atoms with Crippen LogP contribution < -0.4 is 19.7 Å². The Morgan fingerprint density at radius 2 is 2.00 bits per heavy atom. The van der Waals surface area contributed by atoms with Crippen LogP contribution in [0.1, 0.15) is 37.0 Å². The van der Waals surface area contributed by atoms with Gasteiger partial charge in [0.1, 0.15) is 5.82 Å². The summed E-state index contributed by atoms with van der Waals surface area (Å²) in [7, 11) is 0. The molecule has 7 heteroatoms. The molecule has 30 heavy (non-hydrogen) atoms. The highest BCUT2D eigenvalue weighted by molar-refractivity contribution is 6.32. The summed E-state index contributed by atoms with van der Waals surface area (Å²) in [6, 6.07) is 9.81. The summed E-state index contributed by atoms with van der Waals surface area (Å²) in [5.74, 6) is 0.848. The second-order valence-electron chi connectivity index (χ2n) is 7.35. The molecule has 1 fully saturated rings. The molecule has 1 amide bonds. The minimum Gasteiger partial charge on any atom is -0.490 e. The van der Waals surface area contributed by atoms with Crippen molar-refractivity contribution >= 4 is 23.2 Å². The zero-order valence-electron chi connectivity index (χ0n) is 17.4. The Labute approximate surface area is 182 Å². The average molecular weight is 435 g/mol. The zero-order chi connectivity index (χ0) is 21.5. The normalized spacial score (nSPS) is 15.9. The van der Waals surface area contributed by atoms with Gasteiger partial charge in [0.15, 0.2) is 11.5 Å². The monoisotopic (exact) mass is 434 g/mol. The van der Waals surface area contributed by atoms with Crippen molar-refractivity contribution in [2.45, 2.75) is 26.7 Å². The van der Waals surface area contributed by atoms with E-state index >= 15 is 0 Å². The summed E-state index contributed by atoms with van der Waals surface area (Å²) >= 11 is 6.36. The van der Waals surface area contributed by atoms with Gasteiger partial charge >= 0.3 is 0 Å².